The van der Waals surface area contributed by atoms with E-state index in [1.807, 2.05) is 49.4 Å². The molecule has 1 aliphatic rings. The van der Waals surface area contributed by atoms with E-state index < -0.39 is 6.10 Å². The van der Waals surface area contributed by atoms with Gasteiger partial charge in [0.15, 0.2) is 6.10 Å². The molecule has 0 fully saturated rings. The minimum Gasteiger partial charge on any atom is -0.497 e. The summed E-state index contributed by atoms with van der Waals surface area (Å²) >= 11 is 0. The Morgan fingerprint density at radius 2 is 1.86 bits per heavy atom. The van der Waals surface area contributed by atoms with E-state index in [4.69, 9.17) is 14.2 Å². The number of ether oxygens (including phenoxy) is 3. The molecular formula is C24H31NO4. The zero-order chi connectivity index (χ0) is 20.9. The predicted octanol–water partition coefficient (Wildman–Crippen LogP) is 5.05. The van der Waals surface area contributed by atoms with Crippen molar-refractivity contribution in [3.8, 4) is 17.2 Å². The number of amides is 1. The fourth-order valence-electron chi connectivity index (χ4n) is 3.86. The third-order valence-electron chi connectivity index (χ3n) is 5.78. The largest absolute Gasteiger partial charge is 0.497 e. The van der Waals surface area contributed by atoms with Gasteiger partial charge >= 0.3 is 0 Å². The zero-order valence-electron chi connectivity index (χ0n) is 17.7. The topological polar surface area (TPSA) is 56.8 Å². The molecule has 0 aromatic heterocycles. The number of fused-ring (bicyclic) bond motifs is 1. The van der Waals surface area contributed by atoms with Crippen LogP contribution in [0.4, 0.5) is 0 Å². The molecule has 29 heavy (non-hydrogen) atoms. The molecular weight excluding hydrogens is 366 g/mol. The summed E-state index contributed by atoms with van der Waals surface area (Å²) in [5.74, 6) is 2.06. The minimum absolute atomic E-state index is 0.102. The molecule has 0 aliphatic carbocycles. The van der Waals surface area contributed by atoms with E-state index in [1.165, 1.54) is 0 Å². The highest BCUT2D eigenvalue weighted by molar-refractivity contribution is 5.81. The zero-order valence-corrected chi connectivity index (χ0v) is 17.7. The third-order valence-corrected chi connectivity index (χ3v) is 5.78. The van der Waals surface area contributed by atoms with Crippen LogP contribution in [0.25, 0.3) is 0 Å². The number of methoxy groups -OCH3 is 1. The molecule has 5 nitrogen and oxygen atoms in total. The van der Waals surface area contributed by atoms with Crippen molar-refractivity contribution in [3.05, 3.63) is 54.1 Å². The van der Waals surface area contributed by atoms with E-state index in [1.54, 1.807) is 13.2 Å². The maximum absolute atomic E-state index is 13.1. The highest BCUT2D eigenvalue weighted by atomic mass is 16.5. The lowest BCUT2D eigenvalue weighted by atomic mass is 9.83. The summed E-state index contributed by atoms with van der Waals surface area (Å²) in [6, 6.07) is 15.2. The van der Waals surface area contributed by atoms with Gasteiger partial charge < -0.3 is 19.5 Å². The highest BCUT2D eigenvalue weighted by Gasteiger charge is 2.39. The summed E-state index contributed by atoms with van der Waals surface area (Å²) < 4.78 is 17.6. The third kappa shape index (κ3) is 4.66. The lowest BCUT2D eigenvalue weighted by molar-refractivity contribution is -0.129. The average Bonchev–Trinajstić information content (AvgIpc) is 2.77. The molecule has 1 heterocycles. The second kappa shape index (κ2) is 9.21. The summed E-state index contributed by atoms with van der Waals surface area (Å²) in [5, 5.41) is 3.22. The summed E-state index contributed by atoms with van der Waals surface area (Å²) in [5.41, 5.74) is 0.761. The van der Waals surface area contributed by atoms with Crippen molar-refractivity contribution in [1.29, 1.82) is 0 Å². The quantitative estimate of drug-likeness (QED) is 0.677. The van der Waals surface area contributed by atoms with Crippen LogP contribution in [0.1, 0.15) is 58.1 Å². The summed E-state index contributed by atoms with van der Waals surface area (Å²) in [4.78, 5) is 13.1. The number of hydrogen-bond donors (Lipinski definition) is 1. The maximum atomic E-state index is 13.1. The van der Waals surface area contributed by atoms with Crippen LogP contribution in [0.2, 0.25) is 0 Å². The van der Waals surface area contributed by atoms with Gasteiger partial charge in [0.1, 0.15) is 22.8 Å². The molecule has 2 aromatic rings. The first-order valence-corrected chi connectivity index (χ1v) is 10.4. The first kappa shape index (κ1) is 21.0. The number of nitrogens with one attached hydrogen (secondary N) is 1. The highest BCUT2D eigenvalue weighted by Crippen LogP contribution is 2.42. The Balaban J connectivity index is 1.78. The lowest BCUT2D eigenvalue weighted by Gasteiger charge is -2.42. The van der Waals surface area contributed by atoms with Gasteiger partial charge in [-0.3, -0.25) is 4.79 Å². The lowest BCUT2D eigenvalue weighted by Crippen LogP contribution is -2.47. The fourth-order valence-corrected chi connectivity index (χ4v) is 3.86. The fraction of sp³-hybridized carbons (Fsp3) is 0.458. The predicted molar refractivity (Wildman–Crippen MR) is 114 cm³/mol. The second-order valence-corrected chi connectivity index (χ2v) is 7.49. The van der Waals surface area contributed by atoms with Crippen LogP contribution in [-0.2, 0) is 4.79 Å². The average molecular weight is 398 g/mol. The van der Waals surface area contributed by atoms with Crippen LogP contribution in [0.15, 0.2) is 48.5 Å². The van der Waals surface area contributed by atoms with Crippen LogP contribution in [0, 0.1) is 0 Å². The molecule has 2 aromatic carbocycles. The first-order chi connectivity index (χ1) is 14.0. The SMILES string of the molecule is CC[C@@H](Oc1cccc(OC)c1)C(=O)N[C@H]1CC(CC)(CC)Oc2ccccc21. The van der Waals surface area contributed by atoms with E-state index in [0.29, 0.717) is 17.9 Å². The van der Waals surface area contributed by atoms with Crippen LogP contribution >= 0.6 is 0 Å². The van der Waals surface area contributed by atoms with Crippen molar-refractivity contribution in [2.45, 2.75) is 64.2 Å². The molecule has 1 aliphatic heterocycles. The molecule has 5 heteroatoms. The molecule has 0 saturated carbocycles. The summed E-state index contributed by atoms with van der Waals surface area (Å²) in [7, 11) is 1.61. The van der Waals surface area contributed by atoms with Crippen molar-refractivity contribution < 1.29 is 19.0 Å². The monoisotopic (exact) mass is 397 g/mol. The van der Waals surface area contributed by atoms with E-state index in [2.05, 4.69) is 19.2 Å². The molecule has 0 spiro atoms. The molecule has 0 saturated heterocycles. The molecule has 3 rings (SSSR count). The number of para-hydroxylation sites is 1. The second-order valence-electron chi connectivity index (χ2n) is 7.49. The molecule has 156 valence electrons. The molecule has 0 bridgehead atoms. The molecule has 0 unspecified atom stereocenters. The van der Waals surface area contributed by atoms with Crippen molar-refractivity contribution in [3.63, 3.8) is 0 Å². The summed E-state index contributed by atoms with van der Waals surface area (Å²) in [6.07, 6.45) is 2.53. The van der Waals surface area contributed by atoms with Gasteiger partial charge in [-0.15, -0.1) is 0 Å². The van der Waals surface area contributed by atoms with Crippen LogP contribution in [0.3, 0.4) is 0 Å². The van der Waals surface area contributed by atoms with Gasteiger partial charge in [0.25, 0.3) is 5.91 Å². The van der Waals surface area contributed by atoms with Crippen LogP contribution < -0.4 is 19.5 Å². The van der Waals surface area contributed by atoms with Gasteiger partial charge in [-0.1, -0.05) is 45.0 Å². The van der Waals surface area contributed by atoms with Crippen molar-refractivity contribution in [2.75, 3.05) is 7.11 Å². The number of carbonyl (C=O) groups excluding carboxylic acids is 1. The number of rotatable bonds is 8. The van der Waals surface area contributed by atoms with Gasteiger partial charge in [-0.25, -0.2) is 0 Å². The van der Waals surface area contributed by atoms with Gasteiger partial charge in [0.2, 0.25) is 0 Å². The normalized spacial score (nSPS) is 18.1. The van der Waals surface area contributed by atoms with E-state index >= 15 is 0 Å². The Hall–Kier alpha value is -2.69. The standard InChI is InChI=1S/C24H31NO4/c1-5-21(28-18-12-10-11-17(15-18)27-4)23(26)25-20-16-24(6-2,7-3)29-22-14-9-8-13-19(20)22/h8-15,20-21H,5-7,16H2,1-4H3,(H,25,26)/t20-,21+/m0/s1. The maximum Gasteiger partial charge on any atom is 0.261 e. The van der Waals surface area contributed by atoms with Crippen molar-refractivity contribution >= 4 is 5.91 Å². The number of carbonyl (C=O) groups is 1. The number of benzene rings is 2. The summed E-state index contributed by atoms with van der Waals surface area (Å²) in [6.45, 7) is 6.22. The van der Waals surface area contributed by atoms with Crippen LogP contribution in [-0.4, -0.2) is 24.7 Å². The number of hydrogen-bond acceptors (Lipinski definition) is 4. The Kier molecular flexibility index (Phi) is 6.68. The van der Waals surface area contributed by atoms with Crippen LogP contribution in [0.5, 0.6) is 17.2 Å². The Morgan fingerprint density at radius 1 is 1.14 bits per heavy atom. The van der Waals surface area contributed by atoms with E-state index in [0.717, 1.165) is 30.6 Å². The smallest absolute Gasteiger partial charge is 0.261 e. The Morgan fingerprint density at radius 3 is 2.55 bits per heavy atom. The molecule has 1 amide bonds. The van der Waals surface area contributed by atoms with E-state index in [9.17, 15) is 4.79 Å². The Labute approximate surface area is 173 Å². The minimum atomic E-state index is -0.574. The molecule has 0 radical (unpaired) electrons. The first-order valence-electron chi connectivity index (χ1n) is 10.4. The van der Waals surface area contributed by atoms with Gasteiger partial charge in [-0.05, 0) is 37.5 Å². The van der Waals surface area contributed by atoms with Gasteiger partial charge in [-0.2, -0.15) is 0 Å². The molecule has 1 N–H and O–H groups in total. The van der Waals surface area contributed by atoms with Crippen molar-refractivity contribution in [1.82, 2.24) is 5.32 Å². The van der Waals surface area contributed by atoms with Gasteiger partial charge in [0.05, 0.1) is 13.2 Å². The van der Waals surface area contributed by atoms with Crippen molar-refractivity contribution in [2.24, 2.45) is 0 Å². The molecule has 2 atom stereocenters. The van der Waals surface area contributed by atoms with Gasteiger partial charge in [0, 0.05) is 18.1 Å². The Bertz CT molecular complexity index is 831. The van der Waals surface area contributed by atoms with E-state index in [-0.39, 0.29) is 17.6 Å².